The topological polar surface area (TPSA) is 66.5 Å². The number of fused-ring (bicyclic) bond motifs is 1. The van der Waals surface area contributed by atoms with Crippen molar-refractivity contribution >= 4 is 57.2 Å². The summed E-state index contributed by atoms with van der Waals surface area (Å²) in [4.78, 5) is 18.4. The summed E-state index contributed by atoms with van der Waals surface area (Å²) < 4.78 is 4.72. The molecule has 1 saturated heterocycles. The highest BCUT2D eigenvalue weighted by Gasteiger charge is 2.21. The molecule has 2 heterocycles. The molecule has 0 saturated carbocycles. The lowest BCUT2D eigenvalue weighted by Crippen LogP contribution is -2.46. The first-order chi connectivity index (χ1) is 15.0. The first kappa shape index (κ1) is 21.3. The Kier molecular flexibility index (Phi) is 6.53. The number of hydrogen-bond acceptors (Lipinski definition) is 5. The van der Waals surface area contributed by atoms with Crippen molar-refractivity contribution in [2.24, 2.45) is 0 Å². The Balaban J connectivity index is 1.33. The highest BCUT2D eigenvalue weighted by Crippen LogP contribution is 2.29. The van der Waals surface area contributed by atoms with Crippen LogP contribution in [0, 0.1) is 0 Å². The monoisotopic (exact) mass is 454 g/mol. The lowest BCUT2D eigenvalue weighted by atomic mass is 10.0. The van der Waals surface area contributed by atoms with Crippen molar-refractivity contribution in [1.29, 1.82) is 0 Å². The van der Waals surface area contributed by atoms with Crippen LogP contribution in [0.5, 0.6) is 0 Å². The van der Waals surface area contributed by atoms with Crippen LogP contribution < -0.4 is 15.5 Å². The molecule has 1 aromatic heterocycles. The van der Waals surface area contributed by atoms with Gasteiger partial charge in [-0.15, -0.1) is 0 Å². The van der Waals surface area contributed by atoms with E-state index in [1.165, 1.54) is 7.11 Å². The van der Waals surface area contributed by atoms with Gasteiger partial charge in [-0.25, -0.2) is 4.79 Å². The second-order valence-electron chi connectivity index (χ2n) is 7.42. The summed E-state index contributed by atoms with van der Waals surface area (Å²) in [5.74, 6) is -0.358. The number of rotatable bonds is 4. The number of carbonyl (C=O) groups is 1. The summed E-state index contributed by atoms with van der Waals surface area (Å²) in [6.07, 6.45) is 3.78. The van der Waals surface area contributed by atoms with Crippen LogP contribution >= 0.6 is 23.8 Å². The Labute approximate surface area is 191 Å². The van der Waals surface area contributed by atoms with Crippen molar-refractivity contribution in [2.75, 3.05) is 30.4 Å². The number of carbonyl (C=O) groups excluding carboxylic acids is 1. The zero-order chi connectivity index (χ0) is 21.8. The number of methoxy groups -OCH3 is 1. The normalized spacial score (nSPS) is 14.3. The van der Waals surface area contributed by atoms with Crippen molar-refractivity contribution in [2.45, 2.75) is 18.9 Å². The number of nitrogens with zero attached hydrogens (tertiary/aromatic N) is 2. The molecule has 1 fully saturated rings. The third-order valence-electron chi connectivity index (χ3n) is 5.42. The van der Waals surface area contributed by atoms with Crippen LogP contribution in [0.25, 0.3) is 10.9 Å². The third-order valence-corrected chi connectivity index (χ3v) is 5.87. The minimum Gasteiger partial charge on any atom is -0.465 e. The molecule has 8 heteroatoms. The van der Waals surface area contributed by atoms with E-state index in [1.54, 1.807) is 12.1 Å². The number of thiocarbonyl (C=S) groups is 1. The van der Waals surface area contributed by atoms with Crippen LogP contribution in [0.2, 0.25) is 5.02 Å². The highest BCUT2D eigenvalue weighted by molar-refractivity contribution is 7.80. The van der Waals surface area contributed by atoms with E-state index in [-0.39, 0.29) is 5.97 Å². The molecule has 3 aromatic rings. The van der Waals surface area contributed by atoms with Crippen molar-refractivity contribution in [3.05, 3.63) is 65.3 Å². The summed E-state index contributed by atoms with van der Waals surface area (Å²) >= 11 is 11.7. The molecule has 0 spiro atoms. The van der Waals surface area contributed by atoms with E-state index in [4.69, 9.17) is 28.6 Å². The van der Waals surface area contributed by atoms with Gasteiger partial charge in [0, 0.05) is 47.1 Å². The van der Waals surface area contributed by atoms with E-state index in [2.05, 4.69) is 26.6 Å². The number of aromatic nitrogens is 1. The SMILES string of the molecule is COC(=O)c1ccc(NC(=S)NC2CCN(c3ccnc4ccc(Cl)cc34)CC2)cc1. The van der Waals surface area contributed by atoms with Crippen LogP contribution in [0.1, 0.15) is 23.2 Å². The molecule has 31 heavy (non-hydrogen) atoms. The van der Waals surface area contributed by atoms with Crippen LogP contribution in [-0.4, -0.2) is 42.3 Å². The molecule has 2 N–H and O–H groups in total. The van der Waals surface area contributed by atoms with Crippen molar-refractivity contribution in [1.82, 2.24) is 10.3 Å². The quantitative estimate of drug-likeness (QED) is 0.440. The molecule has 0 unspecified atom stereocenters. The predicted molar refractivity (Wildman–Crippen MR) is 129 cm³/mol. The van der Waals surface area contributed by atoms with Gasteiger partial charge in [-0.1, -0.05) is 11.6 Å². The van der Waals surface area contributed by atoms with Crippen LogP contribution in [0.3, 0.4) is 0 Å². The molecule has 6 nitrogen and oxygen atoms in total. The molecular formula is C23H23ClN4O2S. The van der Waals surface area contributed by atoms with Gasteiger partial charge in [-0.2, -0.15) is 0 Å². The number of ether oxygens (including phenoxy) is 1. The lowest BCUT2D eigenvalue weighted by molar-refractivity contribution is 0.0601. The lowest BCUT2D eigenvalue weighted by Gasteiger charge is -2.35. The summed E-state index contributed by atoms with van der Waals surface area (Å²) in [6, 6.07) is 15.2. The zero-order valence-corrected chi connectivity index (χ0v) is 18.7. The van der Waals surface area contributed by atoms with Crippen molar-refractivity contribution in [3.8, 4) is 0 Å². The van der Waals surface area contributed by atoms with E-state index >= 15 is 0 Å². The van der Waals surface area contributed by atoms with Gasteiger partial charge < -0.3 is 20.3 Å². The molecule has 2 aromatic carbocycles. The van der Waals surface area contributed by atoms with Crippen LogP contribution in [0.15, 0.2) is 54.7 Å². The minimum atomic E-state index is -0.358. The van der Waals surface area contributed by atoms with Gasteiger partial charge >= 0.3 is 5.97 Å². The van der Waals surface area contributed by atoms with Crippen LogP contribution in [-0.2, 0) is 4.74 Å². The fourth-order valence-corrected chi connectivity index (χ4v) is 4.26. The van der Waals surface area contributed by atoms with E-state index in [0.717, 1.165) is 48.2 Å². The number of esters is 1. The number of halogens is 1. The Morgan fingerprint density at radius 3 is 2.61 bits per heavy atom. The molecule has 160 valence electrons. The van der Waals surface area contributed by atoms with E-state index in [1.807, 2.05) is 36.5 Å². The molecule has 0 radical (unpaired) electrons. The number of benzene rings is 2. The molecular weight excluding hydrogens is 432 g/mol. The second-order valence-corrected chi connectivity index (χ2v) is 8.26. The van der Waals surface area contributed by atoms with Crippen molar-refractivity contribution < 1.29 is 9.53 Å². The van der Waals surface area contributed by atoms with Crippen molar-refractivity contribution in [3.63, 3.8) is 0 Å². The smallest absolute Gasteiger partial charge is 0.337 e. The van der Waals surface area contributed by atoms with Gasteiger partial charge in [0.15, 0.2) is 5.11 Å². The fraction of sp³-hybridized carbons (Fsp3) is 0.261. The van der Waals surface area contributed by atoms with Gasteiger partial charge in [-0.3, -0.25) is 4.98 Å². The second kappa shape index (κ2) is 9.49. The standard InChI is InChI=1S/C23H23ClN4O2S/c1-30-22(29)15-2-5-17(6-3-15)26-23(31)27-18-9-12-28(13-10-18)21-8-11-25-20-7-4-16(24)14-19(20)21/h2-8,11,14,18H,9-10,12-13H2,1H3,(H2,26,27,31). The Hall–Kier alpha value is -2.90. The highest BCUT2D eigenvalue weighted by atomic mass is 35.5. The van der Waals surface area contributed by atoms with Crippen LogP contribution in [0.4, 0.5) is 11.4 Å². The maximum Gasteiger partial charge on any atom is 0.337 e. The summed E-state index contributed by atoms with van der Waals surface area (Å²) in [6.45, 7) is 1.83. The van der Waals surface area contributed by atoms with Gasteiger partial charge in [0.05, 0.1) is 18.2 Å². The zero-order valence-electron chi connectivity index (χ0n) is 17.1. The number of piperidine rings is 1. The number of pyridine rings is 1. The van der Waals surface area contributed by atoms with Gasteiger partial charge in [0.2, 0.25) is 0 Å². The molecule has 1 aliphatic heterocycles. The van der Waals surface area contributed by atoms with Gasteiger partial charge in [0.1, 0.15) is 0 Å². The first-order valence-electron chi connectivity index (χ1n) is 10.1. The van der Waals surface area contributed by atoms with E-state index < -0.39 is 0 Å². The minimum absolute atomic E-state index is 0.294. The maximum atomic E-state index is 11.5. The average Bonchev–Trinajstić information content (AvgIpc) is 2.79. The molecule has 0 atom stereocenters. The van der Waals surface area contributed by atoms with Gasteiger partial charge in [0.25, 0.3) is 0 Å². The van der Waals surface area contributed by atoms with E-state index in [9.17, 15) is 4.79 Å². The van der Waals surface area contributed by atoms with E-state index in [0.29, 0.717) is 21.7 Å². The Morgan fingerprint density at radius 2 is 1.90 bits per heavy atom. The molecule has 0 amide bonds. The molecule has 1 aliphatic rings. The first-order valence-corrected chi connectivity index (χ1v) is 10.9. The Bertz CT molecular complexity index is 1100. The summed E-state index contributed by atoms with van der Waals surface area (Å²) in [5.41, 5.74) is 3.44. The maximum absolute atomic E-state index is 11.5. The number of hydrogen-bond donors (Lipinski definition) is 2. The predicted octanol–water partition coefficient (Wildman–Crippen LogP) is 4.63. The summed E-state index contributed by atoms with van der Waals surface area (Å²) in [5, 5.41) is 8.95. The average molecular weight is 455 g/mol. The third kappa shape index (κ3) is 5.06. The molecule has 0 aliphatic carbocycles. The molecule has 4 rings (SSSR count). The largest absolute Gasteiger partial charge is 0.465 e. The van der Waals surface area contributed by atoms with Gasteiger partial charge in [-0.05, 0) is 73.6 Å². The Morgan fingerprint density at radius 1 is 1.16 bits per heavy atom. The molecule has 0 bridgehead atoms. The number of anilines is 2. The fourth-order valence-electron chi connectivity index (χ4n) is 3.80. The number of nitrogens with one attached hydrogen (secondary N) is 2. The summed E-state index contributed by atoms with van der Waals surface area (Å²) in [7, 11) is 1.37.